The number of thioether (sulfide) groups is 1. The molecule has 37 heavy (non-hydrogen) atoms. The summed E-state index contributed by atoms with van der Waals surface area (Å²) in [5, 5.41) is 3.54. The van der Waals surface area contributed by atoms with Gasteiger partial charge in [-0.15, -0.1) is 11.8 Å². The Bertz CT molecular complexity index is 1440. The van der Waals surface area contributed by atoms with Crippen molar-refractivity contribution in [2.24, 2.45) is 0 Å². The Kier molecular flexibility index (Phi) is 6.33. The van der Waals surface area contributed by atoms with Crippen molar-refractivity contribution >= 4 is 40.5 Å². The molecule has 3 aromatic heterocycles. The van der Waals surface area contributed by atoms with E-state index in [0.29, 0.717) is 43.3 Å². The number of ether oxygens (including phenoxy) is 2. The van der Waals surface area contributed by atoms with E-state index in [-0.39, 0.29) is 35.6 Å². The molecule has 10 nitrogen and oxygen atoms in total. The summed E-state index contributed by atoms with van der Waals surface area (Å²) >= 11 is 1.49. The number of rotatable bonds is 6. The number of aromatic nitrogens is 3. The van der Waals surface area contributed by atoms with Gasteiger partial charge in [0.25, 0.3) is 5.56 Å². The molecular weight excluding hydrogens is 494 g/mol. The molecule has 3 aromatic rings. The summed E-state index contributed by atoms with van der Waals surface area (Å²) in [6, 6.07) is 8.95. The summed E-state index contributed by atoms with van der Waals surface area (Å²) in [5.74, 6) is 1.78. The van der Waals surface area contributed by atoms with Crippen molar-refractivity contribution in [3.05, 3.63) is 52.6 Å². The van der Waals surface area contributed by atoms with Gasteiger partial charge in [0.05, 0.1) is 48.2 Å². The van der Waals surface area contributed by atoms with E-state index in [4.69, 9.17) is 9.47 Å². The first kappa shape index (κ1) is 23.9. The molecule has 5 heterocycles. The minimum absolute atomic E-state index is 0.0812. The third kappa shape index (κ3) is 4.57. The van der Waals surface area contributed by atoms with Gasteiger partial charge in [-0.2, -0.15) is 0 Å². The highest BCUT2D eigenvalue weighted by Gasteiger charge is 2.46. The van der Waals surface area contributed by atoms with Crippen LogP contribution < -0.4 is 20.5 Å². The molecule has 1 saturated carbocycles. The molecule has 0 radical (unpaired) electrons. The number of nitrogens with zero attached hydrogens (tertiary/aromatic N) is 4. The number of anilines is 1. The summed E-state index contributed by atoms with van der Waals surface area (Å²) in [5.41, 5.74) is 2.11. The Hall–Kier alpha value is -3.44. The van der Waals surface area contributed by atoms with Gasteiger partial charge in [-0.3, -0.25) is 19.5 Å². The van der Waals surface area contributed by atoms with Crippen LogP contribution in [0.1, 0.15) is 25.0 Å². The van der Waals surface area contributed by atoms with Crippen molar-refractivity contribution < 1.29 is 19.1 Å². The number of carbonyl (C=O) groups is 2. The highest BCUT2D eigenvalue weighted by Crippen LogP contribution is 2.36. The lowest BCUT2D eigenvalue weighted by atomic mass is 9.88. The fourth-order valence-corrected chi connectivity index (χ4v) is 6.31. The first-order valence-corrected chi connectivity index (χ1v) is 13.4. The van der Waals surface area contributed by atoms with Gasteiger partial charge in [0, 0.05) is 42.6 Å². The standard InChI is InChI=1S/C26H27N5O5S/c1-35-17-12-21-18(28-13-17)3-7-25(33)30(21)9-8-27-15-2-4-20-22(10-15)36-26(34)31(20)24-6-5-23-19(29-24)11-16(32)14-37-23/h3,5-7,12-13,15,20,22,27H,2,4,8-11,14H2,1H3/t15-,20-,22-/m0/s1. The van der Waals surface area contributed by atoms with Crippen molar-refractivity contribution in [2.45, 2.75) is 55.3 Å². The third-order valence-electron chi connectivity index (χ3n) is 7.27. The summed E-state index contributed by atoms with van der Waals surface area (Å²) < 4.78 is 12.7. The molecule has 1 aliphatic carbocycles. The molecule has 11 heteroatoms. The average molecular weight is 522 g/mol. The van der Waals surface area contributed by atoms with Crippen molar-refractivity contribution in [3.63, 3.8) is 0 Å². The zero-order valence-electron chi connectivity index (χ0n) is 20.4. The maximum absolute atomic E-state index is 12.8. The number of nitrogens with one attached hydrogen (secondary N) is 1. The quantitative estimate of drug-likeness (QED) is 0.522. The van der Waals surface area contributed by atoms with Crippen LogP contribution in [0.2, 0.25) is 0 Å². The largest absolute Gasteiger partial charge is 0.495 e. The summed E-state index contributed by atoms with van der Waals surface area (Å²) in [7, 11) is 1.57. The molecule has 1 saturated heterocycles. The number of hydrogen-bond donors (Lipinski definition) is 1. The molecule has 192 valence electrons. The first-order chi connectivity index (χ1) is 18.0. The number of amides is 1. The van der Waals surface area contributed by atoms with Gasteiger partial charge in [-0.05, 0) is 31.0 Å². The molecule has 1 amide bonds. The van der Waals surface area contributed by atoms with Gasteiger partial charge in [0.1, 0.15) is 23.5 Å². The van der Waals surface area contributed by atoms with E-state index in [2.05, 4.69) is 15.3 Å². The molecule has 1 N–H and O–H groups in total. The number of methoxy groups -OCH3 is 1. The molecule has 3 aliphatic rings. The monoisotopic (exact) mass is 521 g/mol. The maximum atomic E-state index is 12.8. The number of carbonyl (C=O) groups excluding carboxylic acids is 2. The Labute approximate surface area is 217 Å². The van der Waals surface area contributed by atoms with Gasteiger partial charge in [0.15, 0.2) is 0 Å². The Morgan fingerprint density at radius 3 is 2.95 bits per heavy atom. The van der Waals surface area contributed by atoms with Crippen LogP contribution in [0.4, 0.5) is 10.6 Å². The smallest absolute Gasteiger partial charge is 0.416 e. The molecule has 6 rings (SSSR count). The van der Waals surface area contributed by atoms with Crippen molar-refractivity contribution in [1.29, 1.82) is 0 Å². The molecule has 2 aliphatic heterocycles. The lowest BCUT2D eigenvalue weighted by Crippen LogP contribution is -2.46. The van der Waals surface area contributed by atoms with Crippen LogP contribution >= 0.6 is 11.8 Å². The van der Waals surface area contributed by atoms with Crippen LogP contribution in [0.5, 0.6) is 5.75 Å². The van der Waals surface area contributed by atoms with Gasteiger partial charge < -0.3 is 19.4 Å². The van der Waals surface area contributed by atoms with Crippen LogP contribution in [0.3, 0.4) is 0 Å². The highest BCUT2D eigenvalue weighted by atomic mass is 32.2. The van der Waals surface area contributed by atoms with Crippen LogP contribution in [0.25, 0.3) is 11.0 Å². The lowest BCUT2D eigenvalue weighted by molar-refractivity contribution is -0.116. The molecule has 0 bridgehead atoms. The normalized spacial score (nSPS) is 23.1. The average Bonchev–Trinajstić information content (AvgIpc) is 3.24. The predicted octanol–water partition coefficient (Wildman–Crippen LogP) is 2.55. The van der Waals surface area contributed by atoms with Crippen LogP contribution in [0, 0.1) is 0 Å². The first-order valence-electron chi connectivity index (χ1n) is 12.4. The zero-order valence-corrected chi connectivity index (χ0v) is 21.2. The minimum Gasteiger partial charge on any atom is -0.495 e. The van der Waals surface area contributed by atoms with E-state index in [1.54, 1.807) is 28.8 Å². The molecule has 0 unspecified atom stereocenters. The number of Topliss-reactive ketones (excluding diaryl/α,β-unsaturated/α-hetero) is 1. The van der Waals surface area contributed by atoms with Crippen LogP contribution in [-0.2, 0) is 22.5 Å². The fourth-order valence-electron chi connectivity index (χ4n) is 5.44. The lowest BCUT2D eigenvalue weighted by Gasteiger charge is -2.33. The predicted molar refractivity (Wildman–Crippen MR) is 138 cm³/mol. The Balaban J connectivity index is 1.11. The van der Waals surface area contributed by atoms with E-state index < -0.39 is 0 Å². The topological polar surface area (TPSA) is 116 Å². The van der Waals surface area contributed by atoms with E-state index in [1.807, 2.05) is 18.2 Å². The van der Waals surface area contributed by atoms with Gasteiger partial charge in [-0.1, -0.05) is 0 Å². The number of ketones is 1. The second-order valence-electron chi connectivity index (χ2n) is 9.54. The van der Waals surface area contributed by atoms with Crippen molar-refractivity contribution in [3.8, 4) is 5.75 Å². The van der Waals surface area contributed by atoms with E-state index in [9.17, 15) is 14.4 Å². The second-order valence-corrected chi connectivity index (χ2v) is 10.6. The fraction of sp³-hybridized carbons (Fsp3) is 0.423. The van der Waals surface area contributed by atoms with E-state index >= 15 is 0 Å². The summed E-state index contributed by atoms with van der Waals surface area (Å²) in [6.07, 6.45) is 3.65. The van der Waals surface area contributed by atoms with Crippen molar-refractivity contribution in [2.75, 3.05) is 24.3 Å². The molecule has 0 spiro atoms. The molecular formula is C26H27N5O5S. The van der Waals surface area contributed by atoms with Crippen molar-refractivity contribution in [1.82, 2.24) is 19.9 Å². The van der Waals surface area contributed by atoms with E-state index in [1.165, 1.54) is 17.8 Å². The molecule has 0 aromatic carbocycles. The number of fused-ring (bicyclic) bond motifs is 3. The van der Waals surface area contributed by atoms with Crippen LogP contribution in [0.15, 0.2) is 46.2 Å². The molecule has 3 atom stereocenters. The number of pyridine rings is 3. The summed E-state index contributed by atoms with van der Waals surface area (Å²) in [6.45, 7) is 1.07. The van der Waals surface area contributed by atoms with Gasteiger partial charge >= 0.3 is 6.09 Å². The highest BCUT2D eigenvalue weighted by molar-refractivity contribution is 8.00. The third-order valence-corrected chi connectivity index (χ3v) is 8.42. The van der Waals surface area contributed by atoms with Crippen LogP contribution in [-0.4, -0.2) is 64.0 Å². The Morgan fingerprint density at radius 2 is 2.08 bits per heavy atom. The second kappa shape index (κ2) is 9.79. The van der Waals surface area contributed by atoms with Gasteiger partial charge in [-0.25, -0.2) is 9.78 Å². The van der Waals surface area contributed by atoms with Gasteiger partial charge in [0.2, 0.25) is 0 Å². The summed E-state index contributed by atoms with van der Waals surface area (Å²) in [4.78, 5) is 48.9. The maximum Gasteiger partial charge on any atom is 0.416 e. The zero-order chi connectivity index (χ0) is 25.5. The van der Waals surface area contributed by atoms with E-state index in [0.717, 1.165) is 34.5 Å². The minimum atomic E-state index is -0.387. The SMILES string of the molecule is COc1cnc2ccc(=O)n(CCN[C@H]3CC[C@H]4[C@H](C3)OC(=O)N4c3ccc4c(n3)CC(=O)CS4)c2c1. The molecule has 2 fully saturated rings. The number of hydrogen-bond acceptors (Lipinski definition) is 9. The Morgan fingerprint density at radius 1 is 1.19 bits per heavy atom.